The normalized spacial score (nSPS) is 11.6. The van der Waals surface area contributed by atoms with Crippen LogP contribution in [0.15, 0.2) is 71.8 Å². The van der Waals surface area contributed by atoms with Crippen molar-refractivity contribution < 1.29 is 14.7 Å². The molecule has 1 atom stereocenters. The molecule has 9 heteroatoms. The molecule has 0 saturated heterocycles. The molecule has 1 aromatic heterocycles. The zero-order valence-corrected chi connectivity index (χ0v) is 16.0. The fraction of sp³-hybridized carbons (Fsp3) is 0.143. The quantitative estimate of drug-likeness (QED) is 0.324. The molecule has 0 aliphatic heterocycles. The van der Waals surface area contributed by atoms with Crippen molar-refractivity contribution in [2.24, 2.45) is 5.73 Å². The lowest BCUT2D eigenvalue weighted by Crippen LogP contribution is -2.36. The van der Waals surface area contributed by atoms with Crippen LogP contribution in [0.25, 0.3) is 5.69 Å². The average molecular weight is 407 g/mol. The first-order valence-corrected chi connectivity index (χ1v) is 9.14. The number of nitrogens with zero attached hydrogens (tertiary/aromatic N) is 2. The Hall–Kier alpha value is -4.14. The molecule has 154 valence electrons. The number of hydrogen-bond acceptors (Lipinski definition) is 4. The predicted octanol–water partition coefficient (Wildman–Crippen LogP) is 0.908. The number of amides is 1. The standard InChI is InChI=1S/C21H21N5O4/c22-19(23)15-6-8-16(9-7-15)26-11-10-25(21(26)30)13-18(27)24-12-17(20(28)29)14-4-2-1-3-5-14/h1-11,17H,12-13H2,(H3,22,23)(H,24,27)(H,28,29). The molecule has 0 bridgehead atoms. The molecular formula is C21H21N5O4. The number of nitrogens with one attached hydrogen (secondary N) is 2. The first kappa shape index (κ1) is 20.6. The third-order valence-corrected chi connectivity index (χ3v) is 4.62. The summed E-state index contributed by atoms with van der Waals surface area (Å²) in [5.41, 5.74) is 6.70. The number of nitrogens with two attached hydrogens (primary N) is 1. The van der Waals surface area contributed by atoms with Crippen molar-refractivity contribution in [3.05, 3.63) is 88.6 Å². The number of carboxylic acids is 1. The predicted molar refractivity (Wildman–Crippen MR) is 111 cm³/mol. The summed E-state index contributed by atoms with van der Waals surface area (Å²) in [7, 11) is 0. The summed E-state index contributed by atoms with van der Waals surface area (Å²) in [6, 6.07) is 15.2. The molecule has 3 rings (SSSR count). The van der Waals surface area contributed by atoms with Crippen LogP contribution in [0.1, 0.15) is 17.0 Å². The number of imidazole rings is 1. The Morgan fingerprint density at radius 3 is 2.33 bits per heavy atom. The van der Waals surface area contributed by atoms with Crippen LogP contribution >= 0.6 is 0 Å². The fourth-order valence-electron chi connectivity index (χ4n) is 2.99. The fourth-order valence-corrected chi connectivity index (χ4v) is 2.99. The van der Waals surface area contributed by atoms with E-state index in [2.05, 4.69) is 5.32 Å². The summed E-state index contributed by atoms with van der Waals surface area (Å²) in [6.45, 7) is -0.321. The molecule has 1 unspecified atom stereocenters. The number of aliphatic carboxylic acids is 1. The van der Waals surface area contributed by atoms with E-state index in [1.165, 1.54) is 21.5 Å². The van der Waals surface area contributed by atoms with Crippen molar-refractivity contribution in [3.63, 3.8) is 0 Å². The van der Waals surface area contributed by atoms with Crippen LogP contribution in [0, 0.1) is 5.41 Å². The summed E-state index contributed by atoms with van der Waals surface area (Å²) in [5, 5.41) is 19.4. The van der Waals surface area contributed by atoms with Gasteiger partial charge in [0.15, 0.2) is 0 Å². The third kappa shape index (κ3) is 4.64. The van der Waals surface area contributed by atoms with Crippen LogP contribution in [-0.2, 0) is 16.1 Å². The largest absolute Gasteiger partial charge is 0.481 e. The Morgan fingerprint density at radius 1 is 1.07 bits per heavy atom. The number of aromatic nitrogens is 2. The van der Waals surface area contributed by atoms with Gasteiger partial charge in [-0.05, 0) is 29.8 Å². The van der Waals surface area contributed by atoms with Gasteiger partial charge in [0.2, 0.25) is 5.91 Å². The number of amidine groups is 1. The van der Waals surface area contributed by atoms with Crippen molar-refractivity contribution in [1.29, 1.82) is 5.41 Å². The molecule has 2 aromatic carbocycles. The highest BCUT2D eigenvalue weighted by atomic mass is 16.4. The second kappa shape index (κ2) is 8.91. The lowest BCUT2D eigenvalue weighted by molar-refractivity contribution is -0.138. The molecule has 0 aliphatic rings. The number of hydrogen-bond donors (Lipinski definition) is 4. The van der Waals surface area contributed by atoms with Gasteiger partial charge in [0.25, 0.3) is 0 Å². The molecule has 30 heavy (non-hydrogen) atoms. The Bertz CT molecular complexity index is 1120. The maximum atomic E-state index is 12.6. The van der Waals surface area contributed by atoms with Crippen LogP contribution in [0.4, 0.5) is 0 Å². The van der Waals surface area contributed by atoms with Crippen molar-refractivity contribution >= 4 is 17.7 Å². The molecular weight excluding hydrogens is 386 g/mol. The van der Waals surface area contributed by atoms with E-state index in [9.17, 15) is 19.5 Å². The van der Waals surface area contributed by atoms with Crippen molar-refractivity contribution in [2.45, 2.75) is 12.5 Å². The minimum Gasteiger partial charge on any atom is -0.481 e. The minimum absolute atomic E-state index is 0.0710. The number of carboxylic acid groups (broad SMARTS) is 1. The molecule has 1 heterocycles. The molecule has 5 N–H and O–H groups in total. The summed E-state index contributed by atoms with van der Waals surface area (Å²) in [5.74, 6) is -2.46. The van der Waals surface area contributed by atoms with Gasteiger partial charge in [-0.15, -0.1) is 0 Å². The van der Waals surface area contributed by atoms with E-state index in [1.54, 1.807) is 54.6 Å². The second-order valence-electron chi connectivity index (χ2n) is 6.64. The van der Waals surface area contributed by atoms with Crippen molar-refractivity contribution in [3.8, 4) is 5.69 Å². The molecule has 0 saturated carbocycles. The highest BCUT2D eigenvalue weighted by molar-refractivity contribution is 5.95. The maximum Gasteiger partial charge on any atom is 0.333 e. The SMILES string of the molecule is N=C(N)c1ccc(-n2ccn(CC(=O)NCC(C(=O)O)c3ccccc3)c2=O)cc1. The van der Waals surface area contributed by atoms with Crippen LogP contribution in [0.3, 0.4) is 0 Å². The zero-order valence-electron chi connectivity index (χ0n) is 16.0. The van der Waals surface area contributed by atoms with Crippen molar-refractivity contribution in [2.75, 3.05) is 6.54 Å². The van der Waals surface area contributed by atoms with Gasteiger partial charge in [0.05, 0.1) is 11.6 Å². The second-order valence-corrected chi connectivity index (χ2v) is 6.64. The van der Waals surface area contributed by atoms with Gasteiger partial charge in [0, 0.05) is 24.5 Å². The van der Waals surface area contributed by atoms with Gasteiger partial charge in [0.1, 0.15) is 12.4 Å². The summed E-state index contributed by atoms with van der Waals surface area (Å²) < 4.78 is 2.59. The Morgan fingerprint density at radius 2 is 1.73 bits per heavy atom. The van der Waals surface area contributed by atoms with Crippen LogP contribution < -0.4 is 16.7 Å². The van der Waals surface area contributed by atoms with Gasteiger partial charge >= 0.3 is 11.7 Å². The number of benzene rings is 2. The van der Waals surface area contributed by atoms with Crippen LogP contribution in [0.2, 0.25) is 0 Å². The number of rotatable bonds is 8. The molecule has 3 aromatic rings. The smallest absolute Gasteiger partial charge is 0.333 e. The lowest BCUT2D eigenvalue weighted by Gasteiger charge is -2.14. The highest BCUT2D eigenvalue weighted by Crippen LogP contribution is 2.14. The van der Waals surface area contributed by atoms with Gasteiger partial charge in [-0.25, -0.2) is 4.79 Å². The average Bonchev–Trinajstić information content (AvgIpc) is 3.09. The van der Waals surface area contributed by atoms with Crippen LogP contribution in [-0.4, -0.2) is 38.5 Å². The maximum absolute atomic E-state index is 12.6. The highest BCUT2D eigenvalue weighted by Gasteiger charge is 2.20. The summed E-state index contributed by atoms with van der Waals surface area (Å²) >= 11 is 0. The molecule has 9 nitrogen and oxygen atoms in total. The monoisotopic (exact) mass is 407 g/mol. The van der Waals surface area contributed by atoms with Crippen molar-refractivity contribution in [1.82, 2.24) is 14.5 Å². The summed E-state index contributed by atoms with van der Waals surface area (Å²) in [4.78, 5) is 36.4. The van der Waals surface area contributed by atoms with E-state index in [0.29, 0.717) is 16.8 Å². The molecule has 0 radical (unpaired) electrons. The van der Waals surface area contributed by atoms with E-state index >= 15 is 0 Å². The van der Waals surface area contributed by atoms with Gasteiger partial charge < -0.3 is 16.2 Å². The topological polar surface area (TPSA) is 143 Å². The summed E-state index contributed by atoms with van der Waals surface area (Å²) in [6.07, 6.45) is 3.01. The lowest BCUT2D eigenvalue weighted by atomic mass is 9.99. The van der Waals surface area contributed by atoms with Crippen LogP contribution in [0.5, 0.6) is 0 Å². The first-order valence-electron chi connectivity index (χ1n) is 9.14. The molecule has 0 aliphatic carbocycles. The van der Waals surface area contributed by atoms with E-state index in [-0.39, 0.29) is 18.9 Å². The zero-order chi connectivity index (χ0) is 21.7. The van der Waals surface area contributed by atoms with E-state index in [1.807, 2.05) is 0 Å². The Balaban J connectivity index is 1.67. The van der Waals surface area contributed by atoms with E-state index < -0.39 is 23.5 Å². The first-order chi connectivity index (χ1) is 14.4. The minimum atomic E-state index is -1.04. The number of carbonyl (C=O) groups is 2. The molecule has 1 amide bonds. The number of carbonyl (C=O) groups excluding carboxylic acids is 1. The molecule has 0 fully saturated rings. The van der Waals surface area contributed by atoms with Gasteiger partial charge in [-0.1, -0.05) is 30.3 Å². The van der Waals surface area contributed by atoms with E-state index in [0.717, 1.165) is 0 Å². The number of nitrogen functional groups attached to an aromatic ring is 1. The van der Waals surface area contributed by atoms with Gasteiger partial charge in [-0.3, -0.25) is 24.1 Å². The van der Waals surface area contributed by atoms with E-state index in [4.69, 9.17) is 11.1 Å². The van der Waals surface area contributed by atoms with Gasteiger partial charge in [-0.2, -0.15) is 0 Å². The third-order valence-electron chi connectivity index (χ3n) is 4.62. The Labute approximate surface area is 171 Å². The Kier molecular flexibility index (Phi) is 6.11. The molecule has 0 spiro atoms.